The molecule has 4 rings (SSSR count). The average molecular weight is 461 g/mol. The van der Waals surface area contributed by atoms with Gasteiger partial charge in [-0.05, 0) is 42.3 Å². The van der Waals surface area contributed by atoms with E-state index >= 15 is 0 Å². The van der Waals surface area contributed by atoms with Crippen molar-refractivity contribution in [1.29, 1.82) is 0 Å². The van der Waals surface area contributed by atoms with Crippen LogP contribution in [0, 0.1) is 12.7 Å². The Morgan fingerprint density at radius 2 is 1.74 bits per heavy atom. The summed E-state index contributed by atoms with van der Waals surface area (Å²) in [7, 11) is 1.43. The summed E-state index contributed by atoms with van der Waals surface area (Å²) in [6.07, 6.45) is 1.63. The molecule has 0 atom stereocenters. The zero-order valence-electron chi connectivity index (χ0n) is 19.0. The smallest absolute Gasteiger partial charge is 0.253 e. The van der Waals surface area contributed by atoms with E-state index in [1.807, 2.05) is 35.8 Å². The number of carbonyl (C=O) groups excluding carboxylic acids is 2. The van der Waals surface area contributed by atoms with Crippen LogP contribution in [0.1, 0.15) is 27.0 Å². The van der Waals surface area contributed by atoms with E-state index in [-0.39, 0.29) is 24.2 Å². The van der Waals surface area contributed by atoms with Crippen LogP contribution in [0.15, 0.2) is 67.0 Å². The molecule has 174 valence electrons. The van der Waals surface area contributed by atoms with Gasteiger partial charge >= 0.3 is 0 Å². The summed E-state index contributed by atoms with van der Waals surface area (Å²) in [6, 6.07) is 17.4. The number of amides is 2. The normalized spacial score (nSPS) is 10.9. The van der Waals surface area contributed by atoms with Crippen molar-refractivity contribution in [2.75, 3.05) is 19.0 Å². The van der Waals surface area contributed by atoms with E-state index in [0.717, 1.165) is 16.7 Å². The molecule has 0 spiro atoms. The lowest BCUT2D eigenvalue weighted by molar-refractivity contribution is -0.119. The third kappa shape index (κ3) is 5.47. The first-order valence-corrected chi connectivity index (χ1v) is 10.8. The van der Waals surface area contributed by atoms with Crippen molar-refractivity contribution >= 4 is 28.5 Å². The number of imidazole rings is 1. The molecule has 0 fully saturated rings. The number of anilines is 1. The second-order valence-corrected chi connectivity index (χ2v) is 8.04. The molecule has 8 heteroatoms. The van der Waals surface area contributed by atoms with E-state index in [0.29, 0.717) is 35.4 Å². The van der Waals surface area contributed by atoms with Gasteiger partial charge in [-0.1, -0.05) is 42.0 Å². The highest BCUT2D eigenvalue weighted by atomic mass is 19.1. The number of hydrogen-bond acceptors (Lipinski definition) is 4. The molecule has 1 heterocycles. The molecule has 0 bridgehead atoms. The topological polar surface area (TPSA) is 85.2 Å². The molecule has 34 heavy (non-hydrogen) atoms. The maximum Gasteiger partial charge on any atom is 0.253 e. The van der Waals surface area contributed by atoms with Crippen LogP contribution in [0.5, 0.6) is 0 Å². The fraction of sp³-hybridized carbons (Fsp3) is 0.192. The summed E-state index contributed by atoms with van der Waals surface area (Å²) in [6.45, 7) is 2.66. The Bertz CT molecular complexity index is 1310. The van der Waals surface area contributed by atoms with Crippen LogP contribution in [-0.2, 0) is 22.6 Å². The molecule has 0 saturated heterocycles. The number of halogens is 1. The van der Waals surface area contributed by atoms with Crippen molar-refractivity contribution in [1.82, 2.24) is 14.9 Å². The highest BCUT2D eigenvalue weighted by molar-refractivity contribution is 6.07. The SMILES string of the molecule is COCC(=O)Nc1cc(C(=O)NCc2ccc(C)cc2)c2c(c1)ncn2Cc1ccc(F)cc1. The first kappa shape index (κ1) is 23.1. The number of fused-ring (bicyclic) bond motifs is 1. The fourth-order valence-corrected chi connectivity index (χ4v) is 3.67. The molecule has 4 aromatic rings. The molecular weight excluding hydrogens is 435 g/mol. The highest BCUT2D eigenvalue weighted by Crippen LogP contribution is 2.25. The molecule has 0 aliphatic carbocycles. The number of hydrogen-bond donors (Lipinski definition) is 2. The minimum atomic E-state index is -0.335. The number of carbonyl (C=O) groups is 2. The fourth-order valence-electron chi connectivity index (χ4n) is 3.67. The van der Waals surface area contributed by atoms with Gasteiger partial charge in [-0.25, -0.2) is 9.37 Å². The van der Waals surface area contributed by atoms with Crippen molar-refractivity contribution < 1.29 is 18.7 Å². The van der Waals surface area contributed by atoms with Crippen molar-refractivity contribution in [3.63, 3.8) is 0 Å². The van der Waals surface area contributed by atoms with Crippen LogP contribution < -0.4 is 10.6 Å². The Labute approximate surface area is 196 Å². The van der Waals surface area contributed by atoms with E-state index in [2.05, 4.69) is 15.6 Å². The molecule has 0 saturated carbocycles. The molecule has 1 aromatic heterocycles. The standard InChI is InChI=1S/C26H25FN4O3/c1-17-3-5-18(6-4-17)13-28-26(33)22-11-21(30-24(32)15-34-2)12-23-25(22)31(16-29-23)14-19-7-9-20(27)10-8-19/h3-12,16H,13-15H2,1-2H3,(H,28,33)(H,30,32). The summed E-state index contributed by atoms with van der Waals surface area (Å²) >= 11 is 0. The number of aromatic nitrogens is 2. The maximum absolute atomic E-state index is 13.3. The molecule has 0 radical (unpaired) electrons. The van der Waals surface area contributed by atoms with Gasteiger partial charge in [-0.15, -0.1) is 0 Å². The Balaban J connectivity index is 1.67. The van der Waals surface area contributed by atoms with Gasteiger partial charge < -0.3 is 19.9 Å². The third-order valence-corrected chi connectivity index (χ3v) is 5.36. The van der Waals surface area contributed by atoms with Gasteiger partial charge in [0.2, 0.25) is 5.91 Å². The van der Waals surface area contributed by atoms with Crippen LogP contribution in [0.4, 0.5) is 10.1 Å². The number of ether oxygens (including phenoxy) is 1. The quantitative estimate of drug-likeness (QED) is 0.416. The van der Waals surface area contributed by atoms with E-state index in [1.165, 1.54) is 19.2 Å². The third-order valence-electron chi connectivity index (χ3n) is 5.36. The van der Waals surface area contributed by atoms with Crippen LogP contribution in [0.2, 0.25) is 0 Å². The molecule has 0 aliphatic heterocycles. The largest absolute Gasteiger partial charge is 0.375 e. The van der Waals surface area contributed by atoms with E-state index in [4.69, 9.17) is 4.74 Å². The highest BCUT2D eigenvalue weighted by Gasteiger charge is 2.18. The minimum Gasteiger partial charge on any atom is -0.375 e. The lowest BCUT2D eigenvalue weighted by Gasteiger charge is -2.13. The molecule has 0 unspecified atom stereocenters. The Kier molecular flexibility index (Phi) is 6.98. The van der Waals surface area contributed by atoms with E-state index in [9.17, 15) is 14.0 Å². The zero-order valence-corrected chi connectivity index (χ0v) is 19.0. The first-order valence-electron chi connectivity index (χ1n) is 10.8. The summed E-state index contributed by atoms with van der Waals surface area (Å²) < 4.78 is 20.0. The molecule has 2 N–H and O–H groups in total. The van der Waals surface area contributed by atoms with Crippen LogP contribution in [0.3, 0.4) is 0 Å². The van der Waals surface area contributed by atoms with Gasteiger partial charge in [0.1, 0.15) is 12.4 Å². The summed E-state index contributed by atoms with van der Waals surface area (Å²) in [4.78, 5) is 29.8. The van der Waals surface area contributed by atoms with E-state index in [1.54, 1.807) is 30.6 Å². The number of nitrogens with zero attached hydrogens (tertiary/aromatic N) is 2. The predicted octanol–water partition coefficient (Wildman–Crippen LogP) is 4.05. The predicted molar refractivity (Wildman–Crippen MR) is 128 cm³/mol. The first-order chi connectivity index (χ1) is 16.4. The average Bonchev–Trinajstić information content (AvgIpc) is 3.22. The van der Waals surface area contributed by atoms with Crippen molar-refractivity contribution in [2.45, 2.75) is 20.0 Å². The molecule has 3 aromatic carbocycles. The summed E-state index contributed by atoms with van der Waals surface area (Å²) in [5.74, 6) is -0.945. The Hall–Kier alpha value is -4.04. The zero-order chi connectivity index (χ0) is 24.1. The van der Waals surface area contributed by atoms with Crippen molar-refractivity contribution in [2.24, 2.45) is 0 Å². The number of rotatable bonds is 8. The number of methoxy groups -OCH3 is 1. The van der Waals surface area contributed by atoms with Gasteiger partial charge in [0, 0.05) is 25.9 Å². The van der Waals surface area contributed by atoms with Crippen LogP contribution in [-0.4, -0.2) is 35.1 Å². The lowest BCUT2D eigenvalue weighted by atomic mass is 10.1. The Morgan fingerprint density at radius 3 is 2.44 bits per heavy atom. The van der Waals surface area contributed by atoms with E-state index < -0.39 is 0 Å². The second kappa shape index (κ2) is 10.3. The second-order valence-electron chi connectivity index (χ2n) is 8.04. The van der Waals surface area contributed by atoms with Gasteiger partial charge in [0.15, 0.2) is 0 Å². The minimum absolute atomic E-state index is 0.105. The van der Waals surface area contributed by atoms with Gasteiger partial charge in [-0.3, -0.25) is 9.59 Å². The Morgan fingerprint density at radius 1 is 1.03 bits per heavy atom. The van der Waals surface area contributed by atoms with Gasteiger partial charge in [0.05, 0.1) is 22.9 Å². The summed E-state index contributed by atoms with van der Waals surface area (Å²) in [5, 5.41) is 5.69. The van der Waals surface area contributed by atoms with Crippen LogP contribution >= 0.6 is 0 Å². The van der Waals surface area contributed by atoms with Gasteiger partial charge in [0.25, 0.3) is 5.91 Å². The molecule has 0 aliphatic rings. The van der Waals surface area contributed by atoms with Crippen molar-refractivity contribution in [3.05, 3.63) is 95.1 Å². The number of benzene rings is 3. The number of aryl methyl sites for hydroxylation is 1. The van der Waals surface area contributed by atoms with Gasteiger partial charge in [-0.2, -0.15) is 0 Å². The molecule has 7 nitrogen and oxygen atoms in total. The summed E-state index contributed by atoms with van der Waals surface area (Å²) in [5.41, 5.74) is 4.97. The monoisotopic (exact) mass is 460 g/mol. The van der Waals surface area contributed by atoms with Crippen LogP contribution in [0.25, 0.3) is 11.0 Å². The molecular formula is C26H25FN4O3. The lowest BCUT2D eigenvalue weighted by Crippen LogP contribution is -2.24. The maximum atomic E-state index is 13.3. The number of nitrogens with one attached hydrogen (secondary N) is 2. The molecule has 2 amide bonds. The van der Waals surface area contributed by atoms with Crippen molar-refractivity contribution in [3.8, 4) is 0 Å².